The van der Waals surface area contributed by atoms with Crippen molar-refractivity contribution in [1.29, 1.82) is 0 Å². The summed E-state index contributed by atoms with van der Waals surface area (Å²) < 4.78 is 2.41. The third-order valence-corrected chi connectivity index (χ3v) is 9.51. The summed E-state index contributed by atoms with van der Waals surface area (Å²) >= 11 is 0. The van der Waals surface area contributed by atoms with Crippen LogP contribution in [0.1, 0.15) is 0 Å². The fourth-order valence-corrected chi connectivity index (χ4v) is 7.32. The van der Waals surface area contributed by atoms with Crippen LogP contribution < -0.4 is 0 Å². The predicted molar refractivity (Wildman–Crippen MR) is 197 cm³/mol. The molecule has 0 aliphatic heterocycles. The zero-order valence-electron chi connectivity index (χ0n) is 25.4. The largest absolute Gasteiger partial charge is 0.309 e. The Hall–Kier alpha value is -6.32. The third-order valence-electron chi connectivity index (χ3n) is 9.51. The second kappa shape index (κ2) is 10.1. The van der Waals surface area contributed by atoms with Crippen LogP contribution in [0.2, 0.25) is 0 Å². The first kappa shape index (κ1) is 26.0. The molecule has 0 atom stereocenters. The van der Waals surface area contributed by atoms with Gasteiger partial charge in [0.2, 0.25) is 0 Å². The van der Waals surface area contributed by atoms with Gasteiger partial charge in [0.15, 0.2) is 0 Å². The molecule has 8 aromatic carbocycles. The highest BCUT2D eigenvalue weighted by Gasteiger charge is 2.17. The van der Waals surface area contributed by atoms with Crippen LogP contribution in [-0.2, 0) is 0 Å². The van der Waals surface area contributed by atoms with Gasteiger partial charge in [-0.15, -0.1) is 0 Å². The van der Waals surface area contributed by atoms with Crippen molar-refractivity contribution >= 4 is 65.2 Å². The fourth-order valence-electron chi connectivity index (χ4n) is 7.32. The second-order valence-electron chi connectivity index (χ2n) is 12.2. The lowest BCUT2D eigenvalue weighted by Crippen LogP contribution is -1.97. The first-order chi connectivity index (χ1) is 23.3. The second-order valence-corrected chi connectivity index (χ2v) is 12.2. The third kappa shape index (κ3) is 4.00. The minimum atomic E-state index is 0.891. The molecule has 47 heavy (non-hydrogen) atoms. The Labute approximate surface area is 271 Å². The van der Waals surface area contributed by atoms with Gasteiger partial charge in [0.1, 0.15) is 0 Å². The van der Waals surface area contributed by atoms with Crippen molar-refractivity contribution in [2.24, 2.45) is 0 Å². The lowest BCUT2D eigenvalue weighted by molar-refractivity contribution is 1.19. The van der Waals surface area contributed by atoms with E-state index in [1.807, 2.05) is 12.1 Å². The van der Waals surface area contributed by atoms with E-state index in [0.29, 0.717) is 0 Å². The van der Waals surface area contributed by atoms with E-state index in [1.54, 1.807) is 0 Å². The van der Waals surface area contributed by atoms with Crippen LogP contribution >= 0.6 is 0 Å². The molecule has 0 bridgehead atoms. The van der Waals surface area contributed by atoms with Crippen LogP contribution in [0.5, 0.6) is 0 Å². The normalized spacial score (nSPS) is 11.8. The Bertz CT molecular complexity index is 2830. The highest BCUT2D eigenvalue weighted by molar-refractivity contribution is 6.19. The number of hydrogen-bond donors (Lipinski definition) is 0. The fraction of sp³-hybridized carbons (Fsp3) is 0. The van der Waals surface area contributed by atoms with Crippen molar-refractivity contribution in [2.45, 2.75) is 0 Å². The van der Waals surface area contributed by atoms with E-state index in [9.17, 15) is 0 Å². The molecule has 0 saturated heterocycles. The number of hydrogen-bond acceptors (Lipinski definition) is 2. The number of aromatic nitrogens is 3. The lowest BCUT2D eigenvalue weighted by atomic mass is 9.98. The van der Waals surface area contributed by atoms with Crippen LogP contribution in [0.15, 0.2) is 164 Å². The highest BCUT2D eigenvalue weighted by Crippen LogP contribution is 2.39. The van der Waals surface area contributed by atoms with E-state index in [-0.39, 0.29) is 0 Å². The van der Waals surface area contributed by atoms with E-state index in [1.165, 1.54) is 43.4 Å². The van der Waals surface area contributed by atoms with Gasteiger partial charge in [-0.25, -0.2) is 9.97 Å². The lowest BCUT2D eigenvalue weighted by Gasteiger charge is -2.14. The van der Waals surface area contributed by atoms with Gasteiger partial charge in [-0.05, 0) is 63.3 Å². The molecule has 0 spiro atoms. The molecule has 2 aromatic heterocycles. The molecule has 0 aliphatic carbocycles. The number of para-hydroxylation sites is 1. The molecule has 0 amide bonds. The molecule has 3 nitrogen and oxygen atoms in total. The molecule has 3 heteroatoms. The summed E-state index contributed by atoms with van der Waals surface area (Å²) in [5.74, 6) is 0. The predicted octanol–water partition coefficient (Wildman–Crippen LogP) is 11.5. The van der Waals surface area contributed by atoms with Crippen LogP contribution in [0.3, 0.4) is 0 Å². The molecule has 10 rings (SSSR count). The van der Waals surface area contributed by atoms with Gasteiger partial charge >= 0.3 is 0 Å². The molecule has 0 aliphatic rings. The highest BCUT2D eigenvalue weighted by atomic mass is 15.0. The quantitative estimate of drug-likeness (QED) is 0.190. The van der Waals surface area contributed by atoms with E-state index in [0.717, 1.165) is 50.0 Å². The molecule has 0 N–H and O–H groups in total. The Morgan fingerprint density at radius 1 is 0.383 bits per heavy atom. The van der Waals surface area contributed by atoms with Crippen LogP contribution in [0.4, 0.5) is 0 Å². The Morgan fingerprint density at radius 3 is 1.81 bits per heavy atom. The van der Waals surface area contributed by atoms with E-state index >= 15 is 0 Å². The van der Waals surface area contributed by atoms with E-state index in [2.05, 4.69) is 156 Å². The molecule has 0 radical (unpaired) electrons. The molecular weight excluding hydrogens is 571 g/mol. The minimum Gasteiger partial charge on any atom is -0.309 e. The molecular formula is C44H27N3. The van der Waals surface area contributed by atoms with Crippen molar-refractivity contribution in [2.75, 3.05) is 0 Å². The van der Waals surface area contributed by atoms with Gasteiger partial charge in [-0.2, -0.15) is 0 Å². The van der Waals surface area contributed by atoms with Gasteiger partial charge in [-0.1, -0.05) is 127 Å². The zero-order valence-corrected chi connectivity index (χ0v) is 25.4. The molecule has 0 unspecified atom stereocenters. The maximum atomic E-state index is 5.42. The van der Waals surface area contributed by atoms with Crippen LogP contribution in [0, 0.1) is 0 Å². The van der Waals surface area contributed by atoms with Gasteiger partial charge in [0.25, 0.3) is 0 Å². The number of rotatable bonds is 3. The summed E-state index contributed by atoms with van der Waals surface area (Å²) in [6.45, 7) is 0. The van der Waals surface area contributed by atoms with E-state index in [4.69, 9.17) is 9.97 Å². The summed E-state index contributed by atoms with van der Waals surface area (Å²) in [6.07, 6.45) is 0. The number of benzene rings is 8. The summed E-state index contributed by atoms with van der Waals surface area (Å²) in [7, 11) is 0. The maximum absolute atomic E-state index is 5.42. The average molecular weight is 598 g/mol. The Morgan fingerprint density at radius 2 is 1.02 bits per heavy atom. The van der Waals surface area contributed by atoms with Gasteiger partial charge in [-0.3, -0.25) is 0 Å². The summed E-state index contributed by atoms with van der Waals surface area (Å²) in [5.41, 5.74) is 9.26. The van der Waals surface area contributed by atoms with Crippen molar-refractivity contribution < 1.29 is 0 Å². The average Bonchev–Trinajstić information content (AvgIpc) is 3.46. The minimum absolute atomic E-state index is 0.891. The molecule has 10 aromatic rings. The first-order valence-corrected chi connectivity index (χ1v) is 16.0. The van der Waals surface area contributed by atoms with Crippen molar-refractivity contribution in [3.05, 3.63) is 164 Å². The number of fused-ring (bicyclic) bond motifs is 9. The van der Waals surface area contributed by atoms with Gasteiger partial charge in [0.05, 0.1) is 33.5 Å². The standard InChI is InChI=1S/C44H27N3/c1-3-11-29(12-4-1)42-43(30-13-5-2-6-14-30)46-44-38(45-42)24-21-28-19-20-33-25-34(22-23-35(33)41(28)44)47-39-18-10-9-17-36(39)37-26-31-15-7-8-16-32(31)27-40(37)47/h1-27H. The Kier molecular flexibility index (Phi) is 5.57. The first-order valence-electron chi connectivity index (χ1n) is 16.0. The van der Waals surface area contributed by atoms with Crippen LogP contribution in [-0.4, -0.2) is 14.5 Å². The Balaban J connectivity index is 1.24. The summed E-state index contributed by atoms with van der Waals surface area (Å²) in [5, 5.41) is 9.65. The SMILES string of the molecule is c1ccc(-c2nc3ccc4ccc5cc(-n6c7ccccc7c7cc8ccccc8cc76)ccc5c4c3nc2-c2ccccc2)cc1. The summed E-state index contributed by atoms with van der Waals surface area (Å²) in [4.78, 5) is 10.7. The maximum Gasteiger partial charge on any atom is 0.0979 e. The molecule has 218 valence electrons. The van der Waals surface area contributed by atoms with Crippen LogP contribution in [0.25, 0.3) is 93.4 Å². The monoisotopic (exact) mass is 597 g/mol. The van der Waals surface area contributed by atoms with Crippen molar-refractivity contribution in [3.63, 3.8) is 0 Å². The number of nitrogens with zero attached hydrogens (tertiary/aromatic N) is 3. The van der Waals surface area contributed by atoms with Crippen molar-refractivity contribution in [1.82, 2.24) is 14.5 Å². The smallest absolute Gasteiger partial charge is 0.0979 e. The topological polar surface area (TPSA) is 30.7 Å². The molecule has 0 saturated carbocycles. The van der Waals surface area contributed by atoms with E-state index < -0.39 is 0 Å². The molecule has 2 heterocycles. The van der Waals surface area contributed by atoms with Crippen molar-refractivity contribution in [3.8, 4) is 28.2 Å². The van der Waals surface area contributed by atoms with Gasteiger partial charge in [0, 0.05) is 33.0 Å². The zero-order chi connectivity index (χ0) is 30.9. The molecule has 0 fully saturated rings. The summed E-state index contributed by atoms with van der Waals surface area (Å²) in [6, 6.07) is 58.3. The van der Waals surface area contributed by atoms with Gasteiger partial charge < -0.3 is 4.57 Å².